The van der Waals surface area contributed by atoms with Gasteiger partial charge in [0, 0.05) is 27.8 Å². The first-order valence-electron chi connectivity index (χ1n) is 8.82. The number of rotatable bonds is 4. The van der Waals surface area contributed by atoms with Crippen LogP contribution in [0, 0.1) is 0 Å². The minimum Gasteiger partial charge on any atom is -0.490 e. The van der Waals surface area contributed by atoms with Crippen molar-refractivity contribution in [1.29, 1.82) is 0 Å². The summed E-state index contributed by atoms with van der Waals surface area (Å²) in [5.74, 6) is 1.66. The van der Waals surface area contributed by atoms with Gasteiger partial charge in [-0.2, -0.15) is 0 Å². The molecule has 6 nitrogen and oxygen atoms in total. The Hall–Kier alpha value is -2.77. The molecule has 0 bridgehead atoms. The van der Waals surface area contributed by atoms with Gasteiger partial charge in [-0.25, -0.2) is 0 Å². The number of nitrogens with one attached hydrogen (secondary N) is 1. The summed E-state index contributed by atoms with van der Waals surface area (Å²) in [5, 5.41) is 14.6. The molecule has 27 heavy (non-hydrogen) atoms. The van der Waals surface area contributed by atoms with Crippen LogP contribution >= 0.6 is 11.3 Å². The number of thiophene rings is 1. The summed E-state index contributed by atoms with van der Waals surface area (Å²) >= 11 is 1.57. The lowest BCUT2D eigenvalue weighted by atomic mass is 10.2. The minimum atomic E-state index is -0.688. The summed E-state index contributed by atoms with van der Waals surface area (Å²) in [4.78, 5) is 5.14. The lowest BCUT2D eigenvalue weighted by Crippen LogP contribution is -2.23. The van der Waals surface area contributed by atoms with E-state index in [9.17, 15) is 5.11 Å². The molecule has 0 spiro atoms. The number of benzene rings is 2. The highest BCUT2D eigenvalue weighted by molar-refractivity contribution is 7.19. The van der Waals surface area contributed by atoms with Gasteiger partial charge in [-0.3, -0.25) is 4.99 Å². The molecular formula is C20H21N3O3S. The Kier molecular flexibility index (Phi) is 5.13. The van der Waals surface area contributed by atoms with Crippen LogP contribution in [0.1, 0.15) is 17.4 Å². The highest BCUT2D eigenvalue weighted by atomic mass is 32.1. The van der Waals surface area contributed by atoms with Crippen LogP contribution in [-0.4, -0.2) is 30.8 Å². The third kappa shape index (κ3) is 4.15. The van der Waals surface area contributed by atoms with Gasteiger partial charge in [-0.05, 0) is 29.7 Å². The van der Waals surface area contributed by atoms with Gasteiger partial charge >= 0.3 is 0 Å². The van der Waals surface area contributed by atoms with Crippen LogP contribution in [0.25, 0.3) is 10.1 Å². The number of ether oxygens (including phenoxy) is 2. The maximum atomic E-state index is 10.4. The summed E-state index contributed by atoms with van der Waals surface area (Å²) in [6.45, 7) is 1.47. The van der Waals surface area contributed by atoms with Gasteiger partial charge in [0.1, 0.15) is 6.10 Å². The highest BCUT2D eigenvalue weighted by Gasteiger charge is 2.13. The first-order chi connectivity index (χ1) is 13.2. The summed E-state index contributed by atoms with van der Waals surface area (Å²) in [7, 11) is 0. The zero-order chi connectivity index (χ0) is 18.6. The lowest BCUT2D eigenvalue weighted by molar-refractivity contribution is 0.191. The van der Waals surface area contributed by atoms with Crippen molar-refractivity contribution in [3.63, 3.8) is 0 Å². The van der Waals surface area contributed by atoms with E-state index in [-0.39, 0.29) is 12.5 Å². The number of hydrogen-bond acceptors (Lipinski definition) is 5. The largest absolute Gasteiger partial charge is 0.490 e. The van der Waals surface area contributed by atoms with Gasteiger partial charge in [-0.15, -0.1) is 11.3 Å². The second-order valence-corrected chi connectivity index (χ2v) is 7.38. The van der Waals surface area contributed by atoms with Crippen molar-refractivity contribution < 1.29 is 14.6 Å². The molecule has 1 aliphatic heterocycles. The molecule has 4 N–H and O–H groups in total. The first kappa shape index (κ1) is 17.6. The van der Waals surface area contributed by atoms with Gasteiger partial charge < -0.3 is 25.6 Å². The number of nitrogens with two attached hydrogens (primary N) is 1. The fourth-order valence-corrected chi connectivity index (χ4v) is 3.91. The van der Waals surface area contributed by atoms with Gasteiger partial charge in [0.05, 0.1) is 19.8 Å². The summed E-state index contributed by atoms with van der Waals surface area (Å²) in [5.41, 5.74) is 6.73. The van der Waals surface area contributed by atoms with E-state index in [4.69, 9.17) is 15.2 Å². The highest BCUT2D eigenvalue weighted by Crippen LogP contribution is 2.32. The maximum Gasteiger partial charge on any atom is 0.193 e. The molecule has 0 saturated heterocycles. The van der Waals surface area contributed by atoms with Crippen LogP contribution in [0.5, 0.6) is 11.5 Å². The predicted octanol–water partition coefficient (Wildman–Crippen LogP) is 3.52. The average Bonchev–Trinajstić information content (AvgIpc) is 2.98. The Labute approximate surface area is 161 Å². The molecule has 2 heterocycles. The summed E-state index contributed by atoms with van der Waals surface area (Å²) in [6.07, 6.45) is 0.169. The van der Waals surface area contributed by atoms with E-state index in [0.29, 0.717) is 19.0 Å². The Morgan fingerprint density at radius 3 is 2.81 bits per heavy atom. The minimum absolute atomic E-state index is 0.191. The van der Waals surface area contributed by atoms with E-state index in [1.54, 1.807) is 11.3 Å². The Bertz CT molecular complexity index is 937. The fourth-order valence-electron chi connectivity index (χ4n) is 2.87. The normalized spacial score (nSPS) is 15.4. The monoisotopic (exact) mass is 383 g/mol. The number of aliphatic hydroxyl groups is 1. The molecule has 1 unspecified atom stereocenters. The van der Waals surface area contributed by atoms with Crippen molar-refractivity contribution in [2.75, 3.05) is 25.1 Å². The van der Waals surface area contributed by atoms with E-state index < -0.39 is 6.10 Å². The SMILES string of the molecule is NC(=NCC(O)c1cc2ccccc2s1)Nc1ccc2c(c1)OCCCO2. The number of aliphatic hydroxyl groups excluding tert-OH is 1. The molecule has 0 aliphatic carbocycles. The van der Waals surface area contributed by atoms with Crippen molar-refractivity contribution in [2.24, 2.45) is 10.7 Å². The van der Waals surface area contributed by atoms with Crippen molar-refractivity contribution in [3.05, 3.63) is 53.4 Å². The van der Waals surface area contributed by atoms with Crippen LogP contribution in [0.2, 0.25) is 0 Å². The van der Waals surface area contributed by atoms with Crippen molar-refractivity contribution in [1.82, 2.24) is 0 Å². The molecule has 4 rings (SSSR count). The van der Waals surface area contributed by atoms with E-state index in [1.807, 2.05) is 48.5 Å². The Morgan fingerprint density at radius 1 is 1.15 bits per heavy atom. The second-order valence-electron chi connectivity index (χ2n) is 6.27. The van der Waals surface area contributed by atoms with Crippen LogP contribution in [-0.2, 0) is 0 Å². The number of aliphatic imine (C=N–C) groups is 1. The van der Waals surface area contributed by atoms with Crippen molar-refractivity contribution in [3.8, 4) is 11.5 Å². The number of fused-ring (bicyclic) bond motifs is 2. The van der Waals surface area contributed by atoms with Gasteiger partial charge in [0.25, 0.3) is 0 Å². The molecule has 2 aromatic carbocycles. The topological polar surface area (TPSA) is 89.1 Å². The number of guanidine groups is 1. The number of anilines is 1. The third-order valence-corrected chi connectivity index (χ3v) is 5.44. The van der Waals surface area contributed by atoms with E-state index in [0.717, 1.165) is 32.8 Å². The van der Waals surface area contributed by atoms with Gasteiger partial charge in [0.15, 0.2) is 17.5 Å². The van der Waals surface area contributed by atoms with Crippen molar-refractivity contribution >= 4 is 33.1 Å². The summed E-state index contributed by atoms with van der Waals surface area (Å²) < 4.78 is 12.4. The molecule has 0 saturated carbocycles. The third-order valence-electron chi connectivity index (χ3n) is 4.23. The average molecular weight is 383 g/mol. The molecular weight excluding hydrogens is 362 g/mol. The molecule has 1 atom stereocenters. The Balaban J connectivity index is 1.41. The Morgan fingerprint density at radius 2 is 1.96 bits per heavy atom. The zero-order valence-corrected chi connectivity index (χ0v) is 15.5. The molecule has 1 aliphatic rings. The molecule has 0 amide bonds. The summed E-state index contributed by atoms with van der Waals surface area (Å²) in [6, 6.07) is 15.6. The van der Waals surface area contributed by atoms with Gasteiger partial charge in [0.2, 0.25) is 0 Å². The van der Waals surface area contributed by atoms with Crippen LogP contribution < -0.4 is 20.5 Å². The zero-order valence-electron chi connectivity index (χ0n) is 14.7. The fraction of sp³-hybridized carbons (Fsp3) is 0.250. The predicted molar refractivity (Wildman–Crippen MR) is 109 cm³/mol. The van der Waals surface area contributed by atoms with Gasteiger partial charge in [-0.1, -0.05) is 18.2 Å². The maximum absolute atomic E-state index is 10.4. The first-order valence-corrected chi connectivity index (χ1v) is 9.64. The smallest absolute Gasteiger partial charge is 0.193 e. The molecule has 3 aromatic rings. The van der Waals surface area contributed by atoms with E-state index in [2.05, 4.69) is 10.3 Å². The van der Waals surface area contributed by atoms with E-state index >= 15 is 0 Å². The standard InChI is InChI=1S/C20H21N3O3S/c21-20(23-14-6-7-16-17(11-14)26-9-3-8-25-16)22-12-15(24)19-10-13-4-1-2-5-18(13)27-19/h1-2,4-7,10-11,15,24H,3,8-9,12H2,(H3,21,22,23). The molecule has 7 heteroatoms. The number of nitrogens with zero attached hydrogens (tertiary/aromatic N) is 1. The lowest BCUT2D eigenvalue weighted by Gasteiger charge is -2.11. The van der Waals surface area contributed by atoms with Crippen LogP contribution in [0.15, 0.2) is 53.5 Å². The quantitative estimate of drug-likeness (QED) is 0.474. The van der Waals surface area contributed by atoms with Crippen molar-refractivity contribution in [2.45, 2.75) is 12.5 Å². The molecule has 0 fully saturated rings. The molecule has 1 aromatic heterocycles. The molecule has 140 valence electrons. The second kappa shape index (κ2) is 7.85. The molecule has 0 radical (unpaired) electrons. The van der Waals surface area contributed by atoms with Crippen LogP contribution in [0.4, 0.5) is 5.69 Å². The van der Waals surface area contributed by atoms with Crippen LogP contribution in [0.3, 0.4) is 0 Å². The number of hydrogen-bond donors (Lipinski definition) is 3. The van der Waals surface area contributed by atoms with E-state index in [1.165, 1.54) is 0 Å².